The molecule has 0 radical (unpaired) electrons. The fourth-order valence-corrected chi connectivity index (χ4v) is 4.39. The molecule has 5 rings (SSSR count). The number of nitriles is 1. The first-order valence-electron chi connectivity index (χ1n) is 12.8. The number of rotatable bonds is 8. The van der Waals surface area contributed by atoms with Crippen LogP contribution in [0.4, 0.5) is 11.5 Å². The molecule has 1 saturated heterocycles. The van der Waals surface area contributed by atoms with E-state index >= 15 is 0 Å². The summed E-state index contributed by atoms with van der Waals surface area (Å²) in [5, 5.41) is 13.9. The van der Waals surface area contributed by atoms with E-state index in [4.69, 9.17) is 21.1 Å². The molecule has 1 fully saturated rings. The molecular formula is C31H25ClN6O3. The number of aromatic nitrogens is 3. The third kappa shape index (κ3) is 6.06. The molecule has 10 heteroatoms. The van der Waals surface area contributed by atoms with Gasteiger partial charge in [0.25, 0.3) is 0 Å². The van der Waals surface area contributed by atoms with Crippen molar-refractivity contribution < 1.29 is 14.3 Å². The van der Waals surface area contributed by atoms with E-state index in [2.05, 4.69) is 38.7 Å². The summed E-state index contributed by atoms with van der Waals surface area (Å²) >= 11 is 6.51. The smallest absolute Gasteiger partial charge is 0.247 e. The van der Waals surface area contributed by atoms with E-state index in [0.29, 0.717) is 57.6 Å². The Morgan fingerprint density at radius 2 is 2.07 bits per heavy atom. The minimum absolute atomic E-state index is 0.00763. The Balaban J connectivity index is 1.47. The fraction of sp³-hybridized carbons (Fsp3) is 0.194. The first-order chi connectivity index (χ1) is 19.8. The normalized spacial score (nSPS) is 15.3. The first kappa shape index (κ1) is 27.4. The molecule has 1 N–H and O–H groups in total. The van der Waals surface area contributed by atoms with Gasteiger partial charge in [0.05, 0.1) is 34.9 Å². The van der Waals surface area contributed by atoms with Crippen LogP contribution in [-0.2, 0) is 11.4 Å². The van der Waals surface area contributed by atoms with E-state index in [0.717, 1.165) is 5.69 Å². The number of benzene rings is 2. The molecule has 1 unspecified atom stereocenters. The number of hydrogen-bond donors (Lipinski definition) is 1. The minimum Gasteiger partial charge on any atom is -0.492 e. The standard InChI is InChI=1S/C31H25ClN6O3/c1-4-29(39)38-19-31(38,3)12-11-20-14-23-25(16-27(20)40-5-2)36-28(17-33)37-30(23)35-21-9-10-26(24(32)15-21)41-18-22-8-6-7-13-34-22/h4,6-10,13-16H,1,5,18-19H2,2-3H3,(H,35,36,37). The van der Waals surface area contributed by atoms with Gasteiger partial charge in [0.15, 0.2) is 0 Å². The van der Waals surface area contributed by atoms with Crippen LogP contribution in [0.25, 0.3) is 10.9 Å². The van der Waals surface area contributed by atoms with Gasteiger partial charge in [0.2, 0.25) is 11.7 Å². The van der Waals surface area contributed by atoms with E-state index in [1.807, 2.05) is 44.2 Å². The number of carbonyl (C=O) groups is 1. The maximum absolute atomic E-state index is 12.0. The molecule has 41 heavy (non-hydrogen) atoms. The van der Waals surface area contributed by atoms with E-state index < -0.39 is 5.54 Å². The van der Waals surface area contributed by atoms with Crippen molar-refractivity contribution in [2.45, 2.75) is 26.0 Å². The van der Waals surface area contributed by atoms with E-state index in [-0.39, 0.29) is 18.3 Å². The van der Waals surface area contributed by atoms with Crippen molar-refractivity contribution in [2.24, 2.45) is 0 Å². The number of fused-ring (bicyclic) bond motifs is 1. The van der Waals surface area contributed by atoms with E-state index in [1.54, 1.807) is 35.4 Å². The molecule has 0 spiro atoms. The minimum atomic E-state index is -0.580. The van der Waals surface area contributed by atoms with Crippen LogP contribution in [-0.4, -0.2) is 44.4 Å². The third-order valence-electron chi connectivity index (χ3n) is 6.36. The molecular weight excluding hydrogens is 540 g/mol. The van der Waals surface area contributed by atoms with Crippen LogP contribution in [0.5, 0.6) is 11.5 Å². The molecule has 1 atom stereocenters. The number of halogens is 1. The number of pyridine rings is 1. The topological polar surface area (TPSA) is 113 Å². The van der Waals surface area contributed by atoms with Gasteiger partial charge in [0, 0.05) is 23.3 Å². The van der Waals surface area contributed by atoms with Crippen LogP contribution >= 0.6 is 11.6 Å². The Labute approximate surface area is 242 Å². The van der Waals surface area contributed by atoms with Crippen molar-refractivity contribution >= 4 is 39.9 Å². The Morgan fingerprint density at radius 1 is 1.22 bits per heavy atom. The Hall–Kier alpha value is -5.12. The van der Waals surface area contributed by atoms with Crippen molar-refractivity contribution in [1.82, 2.24) is 19.9 Å². The highest BCUT2D eigenvalue weighted by Crippen LogP contribution is 2.35. The number of carbonyl (C=O) groups excluding carboxylic acids is 1. The maximum Gasteiger partial charge on any atom is 0.247 e. The predicted octanol–water partition coefficient (Wildman–Crippen LogP) is 5.41. The second-order valence-electron chi connectivity index (χ2n) is 9.34. The summed E-state index contributed by atoms with van der Waals surface area (Å²) in [7, 11) is 0. The van der Waals surface area contributed by atoms with Gasteiger partial charge in [-0.15, -0.1) is 0 Å². The highest BCUT2D eigenvalue weighted by atomic mass is 35.5. The molecule has 2 aromatic heterocycles. The average molecular weight is 565 g/mol. The highest BCUT2D eigenvalue weighted by molar-refractivity contribution is 6.32. The second-order valence-corrected chi connectivity index (χ2v) is 9.75. The molecule has 9 nitrogen and oxygen atoms in total. The van der Waals surface area contributed by atoms with Crippen molar-refractivity contribution in [3.05, 3.63) is 89.5 Å². The van der Waals surface area contributed by atoms with Crippen LogP contribution in [0, 0.1) is 23.2 Å². The van der Waals surface area contributed by atoms with Gasteiger partial charge in [-0.1, -0.05) is 36.1 Å². The zero-order chi connectivity index (χ0) is 29.0. The second kappa shape index (κ2) is 11.5. The zero-order valence-electron chi connectivity index (χ0n) is 22.4. The first-order valence-corrected chi connectivity index (χ1v) is 13.2. The van der Waals surface area contributed by atoms with Gasteiger partial charge in [0.1, 0.15) is 35.5 Å². The SMILES string of the molecule is C=CC(=O)N1CC1(C)C#Cc1cc2c(Nc3ccc(OCc4ccccn4)c(Cl)c3)nc(C#N)nc2cc1OCC. The Morgan fingerprint density at radius 3 is 2.78 bits per heavy atom. The quantitative estimate of drug-likeness (QED) is 0.172. The summed E-state index contributed by atoms with van der Waals surface area (Å²) in [5.41, 5.74) is 1.95. The van der Waals surface area contributed by atoms with Crippen molar-refractivity contribution in [2.75, 3.05) is 18.5 Å². The van der Waals surface area contributed by atoms with Crippen LogP contribution in [0.15, 0.2) is 67.4 Å². The van der Waals surface area contributed by atoms with Crippen LogP contribution in [0.3, 0.4) is 0 Å². The number of anilines is 2. The molecule has 204 valence electrons. The fourth-order valence-electron chi connectivity index (χ4n) is 4.15. The molecule has 1 amide bonds. The van der Waals surface area contributed by atoms with Crippen LogP contribution in [0.1, 0.15) is 30.9 Å². The lowest BCUT2D eigenvalue weighted by molar-refractivity contribution is -0.121. The summed E-state index contributed by atoms with van der Waals surface area (Å²) in [6.07, 6.45) is 2.98. The molecule has 1 aliphatic heterocycles. The van der Waals surface area contributed by atoms with Gasteiger partial charge in [-0.2, -0.15) is 5.26 Å². The zero-order valence-corrected chi connectivity index (χ0v) is 23.2. The third-order valence-corrected chi connectivity index (χ3v) is 6.65. The number of hydrogen-bond acceptors (Lipinski definition) is 8. The predicted molar refractivity (Wildman–Crippen MR) is 156 cm³/mol. The summed E-state index contributed by atoms with van der Waals surface area (Å²) in [6, 6.07) is 16.4. The van der Waals surface area contributed by atoms with Gasteiger partial charge in [-0.3, -0.25) is 9.78 Å². The molecule has 1 aliphatic rings. The summed E-state index contributed by atoms with van der Waals surface area (Å²) in [6.45, 7) is 8.52. The lowest BCUT2D eigenvalue weighted by atomic mass is 10.1. The molecule has 2 aromatic carbocycles. The van der Waals surface area contributed by atoms with E-state index in [1.165, 1.54) is 6.08 Å². The Kier molecular flexibility index (Phi) is 7.73. The Bertz CT molecular complexity index is 1760. The van der Waals surface area contributed by atoms with Gasteiger partial charge >= 0.3 is 0 Å². The van der Waals surface area contributed by atoms with Crippen LogP contribution < -0.4 is 14.8 Å². The average Bonchev–Trinajstić information content (AvgIpc) is 3.67. The van der Waals surface area contributed by atoms with Crippen molar-refractivity contribution in [3.63, 3.8) is 0 Å². The monoisotopic (exact) mass is 564 g/mol. The van der Waals surface area contributed by atoms with E-state index in [9.17, 15) is 10.1 Å². The van der Waals surface area contributed by atoms with Crippen molar-refractivity contribution in [1.29, 1.82) is 5.26 Å². The number of ether oxygens (including phenoxy) is 2. The van der Waals surface area contributed by atoms with Gasteiger partial charge < -0.3 is 19.7 Å². The molecule has 0 aliphatic carbocycles. The highest BCUT2D eigenvalue weighted by Gasteiger charge is 2.49. The lowest BCUT2D eigenvalue weighted by Gasteiger charge is -2.13. The summed E-state index contributed by atoms with van der Waals surface area (Å²) in [5.74, 6) is 7.61. The number of amides is 1. The molecule has 4 aromatic rings. The summed E-state index contributed by atoms with van der Waals surface area (Å²) < 4.78 is 11.7. The largest absolute Gasteiger partial charge is 0.492 e. The van der Waals surface area contributed by atoms with Crippen LogP contribution in [0.2, 0.25) is 5.02 Å². The summed E-state index contributed by atoms with van der Waals surface area (Å²) in [4.78, 5) is 26.7. The maximum atomic E-state index is 12.0. The molecule has 0 saturated carbocycles. The number of nitrogens with one attached hydrogen (secondary N) is 1. The van der Waals surface area contributed by atoms with Gasteiger partial charge in [-0.05, 0) is 56.3 Å². The lowest BCUT2D eigenvalue weighted by Crippen LogP contribution is -2.16. The van der Waals surface area contributed by atoms with Crippen molar-refractivity contribution in [3.8, 4) is 29.4 Å². The van der Waals surface area contributed by atoms with Gasteiger partial charge in [-0.25, -0.2) is 9.97 Å². The molecule has 3 heterocycles. The molecule has 0 bridgehead atoms. The number of nitrogens with zero attached hydrogens (tertiary/aromatic N) is 5.